The molecule has 2 fully saturated rings. The molecule has 0 bridgehead atoms. The average Bonchev–Trinajstić information content (AvgIpc) is 3.13. The van der Waals surface area contributed by atoms with Crippen LogP contribution in [0, 0.1) is 11.7 Å². The first kappa shape index (κ1) is 21.0. The number of piperidine rings is 1. The first-order valence-electron chi connectivity index (χ1n) is 10.3. The summed E-state index contributed by atoms with van der Waals surface area (Å²) >= 11 is 3.43. The van der Waals surface area contributed by atoms with Crippen LogP contribution in [0.5, 0.6) is 0 Å². The van der Waals surface area contributed by atoms with Gasteiger partial charge in [0, 0.05) is 42.4 Å². The highest BCUT2D eigenvalue weighted by molar-refractivity contribution is 9.10. The van der Waals surface area contributed by atoms with Crippen molar-refractivity contribution in [2.45, 2.75) is 31.8 Å². The SMILES string of the molecule is O=C(NC1CCN(Cc2ccc(F)cc2)CC1)C1CCN(c2cccc(Br)c2)C1=O. The van der Waals surface area contributed by atoms with Gasteiger partial charge in [0.2, 0.25) is 11.8 Å². The molecule has 0 saturated carbocycles. The largest absolute Gasteiger partial charge is 0.353 e. The van der Waals surface area contributed by atoms with E-state index in [1.807, 2.05) is 36.4 Å². The van der Waals surface area contributed by atoms with Crippen LogP contribution >= 0.6 is 15.9 Å². The van der Waals surface area contributed by atoms with Crippen molar-refractivity contribution in [2.75, 3.05) is 24.5 Å². The van der Waals surface area contributed by atoms with E-state index in [9.17, 15) is 14.0 Å². The molecule has 30 heavy (non-hydrogen) atoms. The minimum Gasteiger partial charge on any atom is -0.353 e. The Balaban J connectivity index is 1.27. The molecule has 0 radical (unpaired) electrons. The molecule has 2 saturated heterocycles. The summed E-state index contributed by atoms with van der Waals surface area (Å²) in [6.45, 7) is 3.07. The number of nitrogens with one attached hydrogen (secondary N) is 1. The fourth-order valence-corrected chi connectivity index (χ4v) is 4.60. The highest BCUT2D eigenvalue weighted by Gasteiger charge is 2.38. The zero-order valence-corrected chi connectivity index (χ0v) is 18.3. The number of carbonyl (C=O) groups is 2. The van der Waals surface area contributed by atoms with Crippen molar-refractivity contribution in [3.05, 3.63) is 64.4 Å². The van der Waals surface area contributed by atoms with E-state index in [2.05, 4.69) is 26.1 Å². The van der Waals surface area contributed by atoms with Crippen molar-refractivity contribution in [1.82, 2.24) is 10.2 Å². The molecule has 2 aliphatic heterocycles. The standard InChI is InChI=1S/C23H25BrFN3O2/c24-17-2-1-3-20(14-17)28-13-10-21(23(28)30)22(29)26-19-8-11-27(12-9-19)15-16-4-6-18(25)7-5-16/h1-7,14,19,21H,8-13,15H2,(H,26,29). The summed E-state index contributed by atoms with van der Waals surface area (Å²) in [6.07, 6.45) is 2.24. The molecule has 7 heteroatoms. The van der Waals surface area contributed by atoms with Crippen LogP contribution < -0.4 is 10.2 Å². The van der Waals surface area contributed by atoms with Gasteiger partial charge in [0.1, 0.15) is 11.7 Å². The Kier molecular flexibility index (Phi) is 6.49. The molecular weight excluding hydrogens is 449 g/mol. The molecule has 158 valence electrons. The molecule has 1 N–H and O–H groups in total. The smallest absolute Gasteiger partial charge is 0.239 e. The number of amides is 2. The van der Waals surface area contributed by atoms with Crippen molar-refractivity contribution in [3.63, 3.8) is 0 Å². The van der Waals surface area contributed by atoms with Crippen LogP contribution in [-0.2, 0) is 16.1 Å². The predicted molar refractivity (Wildman–Crippen MR) is 117 cm³/mol. The molecular formula is C23H25BrFN3O2. The second-order valence-electron chi connectivity index (χ2n) is 8.00. The number of benzene rings is 2. The van der Waals surface area contributed by atoms with Crippen LogP contribution in [0.25, 0.3) is 0 Å². The predicted octanol–water partition coefficient (Wildman–Crippen LogP) is 3.72. The quantitative estimate of drug-likeness (QED) is 0.673. The Morgan fingerprint density at radius 1 is 1.07 bits per heavy atom. The summed E-state index contributed by atoms with van der Waals surface area (Å²) in [5.41, 5.74) is 1.90. The van der Waals surface area contributed by atoms with Crippen LogP contribution in [-0.4, -0.2) is 42.4 Å². The summed E-state index contributed by atoms with van der Waals surface area (Å²) in [5.74, 6) is -1.12. The monoisotopic (exact) mass is 473 g/mol. The van der Waals surface area contributed by atoms with E-state index in [0.29, 0.717) is 13.0 Å². The van der Waals surface area contributed by atoms with E-state index < -0.39 is 5.92 Å². The van der Waals surface area contributed by atoms with Crippen molar-refractivity contribution in [2.24, 2.45) is 5.92 Å². The third kappa shape index (κ3) is 4.90. The molecule has 2 aromatic rings. The summed E-state index contributed by atoms with van der Waals surface area (Å²) in [5, 5.41) is 3.09. The molecule has 0 aromatic heterocycles. The normalized spacial score (nSPS) is 20.5. The molecule has 2 heterocycles. The molecule has 0 aliphatic carbocycles. The molecule has 5 nitrogen and oxygen atoms in total. The number of nitrogens with zero attached hydrogens (tertiary/aromatic N) is 2. The van der Waals surface area contributed by atoms with Crippen LogP contribution in [0.15, 0.2) is 53.0 Å². The van der Waals surface area contributed by atoms with Crippen molar-refractivity contribution < 1.29 is 14.0 Å². The van der Waals surface area contributed by atoms with Gasteiger partial charge < -0.3 is 10.2 Å². The number of hydrogen-bond donors (Lipinski definition) is 1. The minimum absolute atomic E-state index is 0.0923. The molecule has 2 aromatic carbocycles. The molecule has 1 unspecified atom stereocenters. The third-order valence-electron chi connectivity index (χ3n) is 5.90. The number of rotatable bonds is 5. The van der Waals surface area contributed by atoms with Gasteiger partial charge in [-0.25, -0.2) is 4.39 Å². The van der Waals surface area contributed by atoms with E-state index in [1.165, 1.54) is 12.1 Å². The Labute approximate surface area is 184 Å². The second kappa shape index (κ2) is 9.27. The average molecular weight is 474 g/mol. The van der Waals surface area contributed by atoms with Crippen molar-refractivity contribution in [1.29, 1.82) is 0 Å². The van der Waals surface area contributed by atoms with Gasteiger partial charge >= 0.3 is 0 Å². The summed E-state index contributed by atoms with van der Waals surface area (Å²) < 4.78 is 14.0. The van der Waals surface area contributed by atoms with Gasteiger partial charge in [0.15, 0.2) is 0 Å². The summed E-state index contributed by atoms with van der Waals surface area (Å²) in [4.78, 5) is 29.6. The summed E-state index contributed by atoms with van der Waals surface area (Å²) in [6, 6.07) is 14.3. The number of anilines is 1. The zero-order valence-electron chi connectivity index (χ0n) is 16.7. The van der Waals surface area contributed by atoms with Gasteiger partial charge in [0.25, 0.3) is 0 Å². The van der Waals surface area contributed by atoms with Gasteiger partial charge in [-0.1, -0.05) is 34.1 Å². The Morgan fingerprint density at radius 3 is 2.50 bits per heavy atom. The van der Waals surface area contributed by atoms with Gasteiger partial charge in [-0.3, -0.25) is 14.5 Å². The van der Waals surface area contributed by atoms with Gasteiger partial charge in [-0.15, -0.1) is 0 Å². The summed E-state index contributed by atoms with van der Waals surface area (Å²) in [7, 11) is 0. The number of likely N-dealkylation sites (tertiary alicyclic amines) is 1. The molecule has 1 atom stereocenters. The lowest BCUT2D eigenvalue weighted by atomic mass is 10.0. The molecule has 2 amide bonds. The zero-order chi connectivity index (χ0) is 21.1. The van der Waals surface area contributed by atoms with E-state index in [0.717, 1.165) is 48.2 Å². The van der Waals surface area contributed by atoms with E-state index in [4.69, 9.17) is 0 Å². The molecule has 2 aliphatic rings. The van der Waals surface area contributed by atoms with E-state index in [-0.39, 0.29) is 23.7 Å². The maximum atomic E-state index is 13.0. The van der Waals surface area contributed by atoms with Gasteiger partial charge in [0.05, 0.1) is 0 Å². The lowest BCUT2D eigenvalue weighted by Crippen LogP contribution is -2.47. The highest BCUT2D eigenvalue weighted by atomic mass is 79.9. The highest BCUT2D eigenvalue weighted by Crippen LogP contribution is 2.28. The molecule has 0 spiro atoms. The minimum atomic E-state index is -0.610. The van der Waals surface area contributed by atoms with Crippen molar-refractivity contribution in [3.8, 4) is 0 Å². The Morgan fingerprint density at radius 2 is 1.80 bits per heavy atom. The topological polar surface area (TPSA) is 52.7 Å². The molecule has 4 rings (SSSR count). The number of hydrogen-bond acceptors (Lipinski definition) is 3. The second-order valence-corrected chi connectivity index (χ2v) is 8.91. The Hall–Kier alpha value is -2.25. The Bertz CT molecular complexity index is 913. The van der Waals surface area contributed by atoms with E-state index in [1.54, 1.807) is 4.90 Å². The lowest BCUT2D eigenvalue weighted by molar-refractivity contribution is -0.132. The number of halogens is 2. The third-order valence-corrected chi connectivity index (χ3v) is 6.39. The fourth-order valence-electron chi connectivity index (χ4n) is 4.21. The van der Waals surface area contributed by atoms with Crippen molar-refractivity contribution >= 4 is 33.4 Å². The van der Waals surface area contributed by atoms with Crippen LogP contribution in [0.3, 0.4) is 0 Å². The fraction of sp³-hybridized carbons (Fsp3) is 0.391. The van der Waals surface area contributed by atoms with Gasteiger partial charge in [-0.2, -0.15) is 0 Å². The first-order chi connectivity index (χ1) is 14.5. The first-order valence-corrected chi connectivity index (χ1v) is 11.1. The number of carbonyl (C=O) groups excluding carboxylic acids is 2. The van der Waals surface area contributed by atoms with Crippen LogP contribution in [0.1, 0.15) is 24.8 Å². The lowest BCUT2D eigenvalue weighted by Gasteiger charge is -2.32. The maximum Gasteiger partial charge on any atom is 0.239 e. The van der Waals surface area contributed by atoms with E-state index >= 15 is 0 Å². The van der Waals surface area contributed by atoms with Gasteiger partial charge in [-0.05, 0) is 55.2 Å². The van der Waals surface area contributed by atoms with Crippen LogP contribution in [0.2, 0.25) is 0 Å². The van der Waals surface area contributed by atoms with Crippen LogP contribution in [0.4, 0.5) is 10.1 Å². The maximum absolute atomic E-state index is 13.0.